The highest BCUT2D eigenvalue weighted by Gasteiger charge is 2.38. The predicted octanol–water partition coefficient (Wildman–Crippen LogP) is 3.77. The Morgan fingerprint density at radius 1 is 1.29 bits per heavy atom. The molecule has 0 aromatic heterocycles. The van der Waals surface area contributed by atoms with Gasteiger partial charge in [-0.1, -0.05) is 19.8 Å². The molecule has 0 aromatic carbocycles. The lowest BCUT2D eigenvalue weighted by molar-refractivity contribution is 0.452. The van der Waals surface area contributed by atoms with E-state index in [1.54, 1.807) is 17.3 Å². The largest absolute Gasteiger partial charge is 0.235 e. The molecule has 2 heterocycles. The van der Waals surface area contributed by atoms with Crippen LogP contribution in [0.3, 0.4) is 0 Å². The molecular weight excluding hydrogens is 305 g/mol. The van der Waals surface area contributed by atoms with E-state index in [4.69, 9.17) is 0 Å². The molecule has 0 N–H and O–H groups in total. The Hall–Kier alpha value is 1.04. The molecule has 2 rings (SSSR count). The first kappa shape index (κ1) is 11.5. The molecule has 2 fully saturated rings. The van der Waals surface area contributed by atoms with Gasteiger partial charge in [-0.05, 0) is 36.5 Å². The summed E-state index contributed by atoms with van der Waals surface area (Å²) in [4.78, 5) is 0. The van der Waals surface area contributed by atoms with Crippen molar-refractivity contribution in [2.75, 3.05) is 23.1 Å². The Morgan fingerprint density at radius 3 is 2.64 bits per heavy atom. The molecule has 1 atom stereocenters. The minimum atomic E-state index is -0.165. The topological polar surface area (TPSA) is 3.24 Å². The minimum absolute atomic E-state index is 0.165. The van der Waals surface area contributed by atoms with Crippen LogP contribution in [0, 0.1) is 0 Å². The van der Waals surface area contributed by atoms with Gasteiger partial charge in [-0.25, -0.2) is 13.1 Å². The van der Waals surface area contributed by atoms with Crippen molar-refractivity contribution >= 4 is 32.9 Å². The van der Waals surface area contributed by atoms with Gasteiger partial charge in [-0.15, -0.1) is 0 Å². The van der Waals surface area contributed by atoms with Gasteiger partial charge in [0.1, 0.15) is 0 Å². The molecule has 1 spiro atoms. The van der Waals surface area contributed by atoms with E-state index in [9.17, 15) is 0 Å². The second kappa shape index (κ2) is 4.91. The third-order valence-corrected chi connectivity index (χ3v) is 9.44. The molecule has 84 valence electrons. The fraction of sp³-hybridized carbons (Fsp3) is 1.00. The molecule has 0 aliphatic carbocycles. The molecular formula is C11H22INS. The van der Waals surface area contributed by atoms with E-state index >= 15 is 0 Å². The summed E-state index contributed by atoms with van der Waals surface area (Å²) in [6, 6.07) is 0.925. The molecule has 0 saturated carbocycles. The summed E-state index contributed by atoms with van der Waals surface area (Å²) < 4.78 is 2.64. The van der Waals surface area contributed by atoms with Crippen molar-refractivity contribution < 1.29 is 0 Å². The third-order valence-electron chi connectivity index (χ3n) is 3.62. The van der Waals surface area contributed by atoms with Crippen LogP contribution in [0.5, 0.6) is 0 Å². The van der Waals surface area contributed by atoms with Gasteiger partial charge in [-0.3, -0.25) is 0 Å². The van der Waals surface area contributed by atoms with Gasteiger partial charge in [0.15, 0.2) is 0 Å². The molecule has 0 amide bonds. The van der Waals surface area contributed by atoms with Crippen LogP contribution in [0.1, 0.15) is 39.0 Å². The molecule has 2 saturated heterocycles. The van der Waals surface area contributed by atoms with Crippen molar-refractivity contribution in [3.05, 3.63) is 0 Å². The summed E-state index contributed by atoms with van der Waals surface area (Å²) in [6.45, 7) is 2.33. The molecule has 0 aromatic rings. The van der Waals surface area contributed by atoms with E-state index in [-0.39, 0.29) is 10.0 Å². The number of halogens is 1. The maximum absolute atomic E-state index is 2.64. The second-order valence-corrected chi connectivity index (χ2v) is 9.93. The van der Waals surface area contributed by atoms with Gasteiger partial charge >= 0.3 is 0 Å². The van der Waals surface area contributed by atoms with Crippen molar-refractivity contribution in [2.45, 2.75) is 45.1 Å². The summed E-state index contributed by atoms with van der Waals surface area (Å²) >= 11 is 2.58. The first-order chi connectivity index (χ1) is 6.76. The van der Waals surface area contributed by atoms with Crippen LogP contribution in [0.2, 0.25) is 0 Å². The molecule has 3 heteroatoms. The van der Waals surface area contributed by atoms with Crippen LogP contribution >= 0.6 is 32.9 Å². The predicted molar refractivity (Wildman–Crippen MR) is 75.5 cm³/mol. The van der Waals surface area contributed by atoms with Crippen LogP contribution in [0.4, 0.5) is 0 Å². The zero-order chi connectivity index (χ0) is 10.0. The highest BCUT2D eigenvalue weighted by Crippen LogP contribution is 2.58. The smallest absolute Gasteiger partial charge is 0.0388 e. The fourth-order valence-corrected chi connectivity index (χ4v) is 9.80. The van der Waals surface area contributed by atoms with Crippen molar-refractivity contribution in [1.29, 1.82) is 0 Å². The van der Waals surface area contributed by atoms with Crippen LogP contribution in [-0.4, -0.2) is 32.3 Å². The van der Waals surface area contributed by atoms with Crippen molar-refractivity contribution in [3.8, 4) is 0 Å². The lowest BCUT2D eigenvalue weighted by Gasteiger charge is -2.39. The summed E-state index contributed by atoms with van der Waals surface area (Å²) in [6.07, 6.45) is 7.35. The van der Waals surface area contributed by atoms with Gasteiger partial charge in [-0.2, -0.15) is 0 Å². The van der Waals surface area contributed by atoms with E-state index in [1.807, 2.05) is 0 Å². The highest BCUT2D eigenvalue weighted by atomic mass is 127. The Bertz CT molecular complexity index is 192. The molecule has 2 aliphatic heterocycles. The minimum Gasteiger partial charge on any atom is -0.235 e. The lowest BCUT2D eigenvalue weighted by Crippen LogP contribution is -2.20. The summed E-state index contributed by atoms with van der Waals surface area (Å²) in [5, 5.41) is 0. The Labute approximate surface area is 104 Å². The van der Waals surface area contributed by atoms with Gasteiger partial charge < -0.3 is 0 Å². The summed E-state index contributed by atoms with van der Waals surface area (Å²) in [5.74, 6) is 6.21. The lowest BCUT2D eigenvalue weighted by atomic mass is 10.2. The zero-order valence-corrected chi connectivity index (χ0v) is 12.1. The quantitative estimate of drug-likeness (QED) is 0.551. The zero-order valence-electron chi connectivity index (χ0n) is 9.17. The maximum Gasteiger partial charge on any atom is 0.0388 e. The van der Waals surface area contributed by atoms with E-state index in [2.05, 4.69) is 32.9 Å². The Morgan fingerprint density at radius 2 is 2.00 bits per heavy atom. The van der Waals surface area contributed by atoms with Crippen molar-refractivity contribution in [1.82, 2.24) is 3.11 Å². The molecule has 14 heavy (non-hydrogen) atoms. The van der Waals surface area contributed by atoms with E-state index < -0.39 is 0 Å². The van der Waals surface area contributed by atoms with Crippen molar-refractivity contribution in [3.63, 3.8) is 0 Å². The third kappa shape index (κ3) is 2.40. The monoisotopic (exact) mass is 327 g/mol. The van der Waals surface area contributed by atoms with Crippen LogP contribution in [0.15, 0.2) is 0 Å². The molecule has 0 bridgehead atoms. The summed E-state index contributed by atoms with van der Waals surface area (Å²) in [7, 11) is -0.165. The number of nitrogens with zero attached hydrogens (tertiary/aromatic N) is 1. The van der Waals surface area contributed by atoms with E-state index in [1.165, 1.54) is 38.0 Å². The first-order valence-electron chi connectivity index (χ1n) is 5.92. The fourth-order valence-electron chi connectivity index (χ4n) is 2.86. The van der Waals surface area contributed by atoms with Gasteiger partial charge in [0.05, 0.1) is 0 Å². The van der Waals surface area contributed by atoms with Gasteiger partial charge in [0, 0.05) is 34.8 Å². The van der Waals surface area contributed by atoms with Gasteiger partial charge in [0.2, 0.25) is 0 Å². The number of hydrogen-bond donors (Lipinski definition) is 0. The first-order valence-corrected chi connectivity index (χ1v) is 9.20. The van der Waals surface area contributed by atoms with E-state index in [0.717, 1.165) is 6.04 Å². The number of rotatable bonds is 2. The van der Waals surface area contributed by atoms with Crippen molar-refractivity contribution in [2.24, 2.45) is 0 Å². The molecule has 2 aliphatic rings. The van der Waals surface area contributed by atoms with E-state index in [0.29, 0.717) is 0 Å². The normalized spacial score (nSPS) is 34.9. The average Bonchev–Trinajstić information content (AvgIpc) is 2.45. The Kier molecular flexibility index (Phi) is 4.05. The average molecular weight is 327 g/mol. The molecule has 0 radical (unpaired) electrons. The second-order valence-electron chi connectivity index (χ2n) is 4.83. The number of hydrogen-bond acceptors (Lipinski definition) is 1. The maximum atomic E-state index is 2.64. The molecule has 1 nitrogen and oxygen atoms in total. The van der Waals surface area contributed by atoms with Gasteiger partial charge in [0.25, 0.3) is 0 Å². The van der Waals surface area contributed by atoms with Crippen LogP contribution in [-0.2, 0) is 0 Å². The molecule has 0 unspecified atom stereocenters. The summed E-state index contributed by atoms with van der Waals surface area (Å²) in [5.41, 5.74) is 0. The standard InChI is InChI=1S/C11H22INS/c1-2-6-11-9-14(10-13(11)12)7-4-3-5-8-14/h11H,2-10H2,1H3/t11-/m0/s1. The van der Waals surface area contributed by atoms with Crippen LogP contribution in [0.25, 0.3) is 0 Å². The van der Waals surface area contributed by atoms with Crippen LogP contribution < -0.4 is 0 Å². The highest BCUT2D eigenvalue weighted by molar-refractivity contribution is 14.1. The Balaban J connectivity index is 1.96. The SMILES string of the molecule is CCC[C@H]1CS2(CCCCC2)CN1I.